The van der Waals surface area contributed by atoms with Gasteiger partial charge in [0.15, 0.2) is 5.65 Å². The van der Waals surface area contributed by atoms with E-state index in [1.807, 2.05) is 62.6 Å². The molecule has 0 atom stereocenters. The van der Waals surface area contributed by atoms with Crippen LogP contribution < -0.4 is 10.6 Å². The fourth-order valence-electron chi connectivity index (χ4n) is 3.67. The number of carbonyl (C=O) groups is 1. The Kier molecular flexibility index (Phi) is 6.61. The van der Waals surface area contributed by atoms with Crippen LogP contribution in [0.3, 0.4) is 0 Å². The Balaban J connectivity index is 1.41. The molecule has 3 heterocycles. The number of H-pyrrole nitrogens is 1. The van der Waals surface area contributed by atoms with Gasteiger partial charge in [-0.05, 0) is 62.6 Å². The van der Waals surface area contributed by atoms with Gasteiger partial charge >= 0.3 is 0 Å². The molecular weight excluding hydrogens is 472 g/mol. The molecule has 0 unspecified atom stereocenters. The molecule has 5 rings (SSSR count). The van der Waals surface area contributed by atoms with Gasteiger partial charge < -0.3 is 20.5 Å². The van der Waals surface area contributed by atoms with Crippen LogP contribution in [0.15, 0.2) is 83.5 Å². The molecule has 3 aromatic heterocycles. The van der Waals surface area contributed by atoms with Crippen LogP contribution in [-0.2, 0) is 11.3 Å². The highest BCUT2D eigenvalue weighted by Crippen LogP contribution is 2.33. The normalized spacial score (nSPS) is 11.2. The number of aromatic nitrogens is 5. The van der Waals surface area contributed by atoms with Crippen molar-refractivity contribution in [3.8, 4) is 0 Å². The van der Waals surface area contributed by atoms with E-state index in [9.17, 15) is 4.79 Å². The Morgan fingerprint density at radius 3 is 2.81 bits per heavy atom. The quantitative estimate of drug-likeness (QED) is 0.204. The summed E-state index contributed by atoms with van der Waals surface area (Å²) in [5.41, 5.74) is 4.78. The minimum absolute atomic E-state index is 0.263. The van der Waals surface area contributed by atoms with Crippen LogP contribution in [0.1, 0.15) is 5.69 Å². The lowest BCUT2D eigenvalue weighted by Crippen LogP contribution is -2.11. The molecule has 0 aliphatic rings. The monoisotopic (exact) mass is 496 g/mol. The van der Waals surface area contributed by atoms with E-state index in [1.54, 1.807) is 6.33 Å². The van der Waals surface area contributed by atoms with Crippen molar-refractivity contribution in [3.63, 3.8) is 0 Å². The summed E-state index contributed by atoms with van der Waals surface area (Å²) in [7, 11) is 4.05. The Labute approximate surface area is 212 Å². The zero-order valence-electron chi connectivity index (χ0n) is 19.8. The van der Waals surface area contributed by atoms with Crippen LogP contribution in [0.5, 0.6) is 0 Å². The number of hydrogen-bond acceptors (Lipinski definition) is 8. The van der Waals surface area contributed by atoms with Crippen molar-refractivity contribution in [2.24, 2.45) is 0 Å². The predicted octanol–water partition coefficient (Wildman–Crippen LogP) is 4.98. The third-order valence-electron chi connectivity index (χ3n) is 5.24. The average molecular weight is 497 g/mol. The fraction of sp³-hybridized carbons (Fsp3) is 0.115. The van der Waals surface area contributed by atoms with E-state index in [0.29, 0.717) is 22.3 Å². The van der Waals surface area contributed by atoms with E-state index in [0.717, 1.165) is 39.2 Å². The highest BCUT2D eigenvalue weighted by atomic mass is 32.2. The molecule has 1 amide bonds. The van der Waals surface area contributed by atoms with Crippen molar-refractivity contribution in [1.29, 1.82) is 0 Å². The first-order valence-corrected chi connectivity index (χ1v) is 12.0. The van der Waals surface area contributed by atoms with Gasteiger partial charge in [0.1, 0.15) is 10.5 Å². The molecule has 2 aromatic carbocycles. The van der Waals surface area contributed by atoms with Crippen LogP contribution in [0.4, 0.5) is 17.3 Å². The van der Waals surface area contributed by atoms with E-state index in [4.69, 9.17) is 9.97 Å². The number of amides is 1. The number of anilines is 3. The first kappa shape index (κ1) is 23.5. The lowest BCUT2D eigenvalue weighted by molar-refractivity contribution is -0.111. The smallest absolute Gasteiger partial charge is 0.247 e. The summed E-state index contributed by atoms with van der Waals surface area (Å²) in [4.78, 5) is 36.2. The third-order valence-corrected chi connectivity index (χ3v) is 6.21. The maximum Gasteiger partial charge on any atom is 0.247 e. The van der Waals surface area contributed by atoms with Gasteiger partial charge in [0.2, 0.25) is 11.9 Å². The molecule has 0 aliphatic carbocycles. The summed E-state index contributed by atoms with van der Waals surface area (Å²) < 4.78 is 0. The molecule has 9 nitrogen and oxygen atoms in total. The molecule has 180 valence electrons. The van der Waals surface area contributed by atoms with Crippen molar-refractivity contribution in [1.82, 2.24) is 29.8 Å². The van der Waals surface area contributed by atoms with Gasteiger partial charge in [-0.2, -0.15) is 4.98 Å². The number of fused-ring (bicyclic) bond motifs is 2. The van der Waals surface area contributed by atoms with E-state index in [1.165, 1.54) is 17.8 Å². The second-order valence-electron chi connectivity index (χ2n) is 8.35. The minimum atomic E-state index is -0.263. The highest BCUT2D eigenvalue weighted by molar-refractivity contribution is 7.99. The topological polar surface area (TPSA) is 112 Å². The number of aromatic amines is 1. The van der Waals surface area contributed by atoms with Crippen LogP contribution in [-0.4, -0.2) is 49.8 Å². The Bertz CT molecular complexity index is 1580. The van der Waals surface area contributed by atoms with Crippen molar-refractivity contribution in [2.75, 3.05) is 24.7 Å². The first-order valence-electron chi connectivity index (χ1n) is 11.2. The van der Waals surface area contributed by atoms with Gasteiger partial charge in [-0.25, -0.2) is 9.97 Å². The second-order valence-corrected chi connectivity index (χ2v) is 9.41. The summed E-state index contributed by atoms with van der Waals surface area (Å²) in [6, 6.07) is 17.6. The summed E-state index contributed by atoms with van der Waals surface area (Å²) in [5, 5.41) is 7.82. The predicted molar refractivity (Wildman–Crippen MR) is 143 cm³/mol. The molecule has 0 bridgehead atoms. The second kappa shape index (κ2) is 10.1. The maximum atomic E-state index is 11.7. The SMILES string of the molecule is C=CC(=O)Nc1cccc(Sc2nc(Nc3ccc4nc(CN(C)C)ccc4c3)nc3nc[nH]c23)c1. The Hall–Kier alpha value is -4.28. The number of nitrogens with zero attached hydrogens (tertiary/aromatic N) is 5. The van der Waals surface area contributed by atoms with Crippen LogP contribution in [0.25, 0.3) is 22.1 Å². The summed E-state index contributed by atoms with van der Waals surface area (Å²) in [5.74, 6) is 0.172. The standard InChI is InChI=1S/C26H24N8OS/c1-4-22(35)30-17-6-5-7-20(13-17)36-25-23-24(28-15-27-23)32-26(33-25)31-18-10-11-21-16(12-18)8-9-19(29-21)14-34(2)3/h4-13,15H,1,14H2,2-3H3,(H,30,35)(H2,27,28,31,32,33). The van der Waals surface area contributed by atoms with Gasteiger partial charge in [0, 0.05) is 28.2 Å². The molecule has 0 fully saturated rings. The average Bonchev–Trinajstić information content (AvgIpc) is 3.33. The van der Waals surface area contributed by atoms with E-state index < -0.39 is 0 Å². The molecule has 0 aliphatic heterocycles. The number of imidazole rings is 1. The van der Waals surface area contributed by atoms with Crippen LogP contribution >= 0.6 is 11.8 Å². The van der Waals surface area contributed by atoms with Gasteiger partial charge in [0.25, 0.3) is 0 Å². The Morgan fingerprint density at radius 1 is 1.08 bits per heavy atom. The van der Waals surface area contributed by atoms with Gasteiger partial charge in [-0.3, -0.25) is 9.78 Å². The zero-order valence-corrected chi connectivity index (χ0v) is 20.6. The molecule has 0 saturated heterocycles. The summed E-state index contributed by atoms with van der Waals surface area (Å²) >= 11 is 1.45. The molecule has 5 aromatic rings. The zero-order chi connectivity index (χ0) is 25.1. The van der Waals surface area contributed by atoms with Crippen molar-refractivity contribution in [2.45, 2.75) is 16.5 Å². The van der Waals surface area contributed by atoms with Crippen LogP contribution in [0.2, 0.25) is 0 Å². The maximum absolute atomic E-state index is 11.7. The number of nitrogens with one attached hydrogen (secondary N) is 3. The largest absolute Gasteiger partial charge is 0.341 e. The third kappa shape index (κ3) is 5.35. The van der Waals surface area contributed by atoms with E-state index in [-0.39, 0.29) is 5.91 Å². The number of benzene rings is 2. The Morgan fingerprint density at radius 2 is 1.97 bits per heavy atom. The van der Waals surface area contributed by atoms with E-state index in [2.05, 4.69) is 43.1 Å². The van der Waals surface area contributed by atoms with Crippen molar-refractivity contribution in [3.05, 3.63) is 79.3 Å². The highest BCUT2D eigenvalue weighted by Gasteiger charge is 2.13. The number of rotatable bonds is 8. The fourth-order valence-corrected chi connectivity index (χ4v) is 4.61. The summed E-state index contributed by atoms with van der Waals surface area (Å²) in [6.45, 7) is 4.28. The number of carbonyl (C=O) groups excluding carboxylic acids is 1. The van der Waals surface area contributed by atoms with Gasteiger partial charge in [-0.15, -0.1) is 0 Å². The van der Waals surface area contributed by atoms with Crippen molar-refractivity contribution >= 4 is 57.1 Å². The lowest BCUT2D eigenvalue weighted by Gasteiger charge is -2.11. The molecule has 0 spiro atoms. The molecule has 36 heavy (non-hydrogen) atoms. The molecule has 0 radical (unpaired) electrons. The minimum Gasteiger partial charge on any atom is -0.341 e. The van der Waals surface area contributed by atoms with Gasteiger partial charge in [-0.1, -0.05) is 30.5 Å². The molecule has 3 N–H and O–H groups in total. The number of pyridine rings is 1. The first-order chi connectivity index (χ1) is 17.5. The number of hydrogen-bond donors (Lipinski definition) is 3. The van der Waals surface area contributed by atoms with Crippen molar-refractivity contribution < 1.29 is 4.79 Å². The lowest BCUT2D eigenvalue weighted by atomic mass is 10.2. The van der Waals surface area contributed by atoms with Gasteiger partial charge in [0.05, 0.1) is 17.5 Å². The summed E-state index contributed by atoms with van der Waals surface area (Å²) in [6.07, 6.45) is 2.84. The van der Waals surface area contributed by atoms with Crippen LogP contribution in [0, 0.1) is 0 Å². The molecular formula is C26H24N8OS. The van der Waals surface area contributed by atoms with E-state index >= 15 is 0 Å². The molecule has 10 heteroatoms. The molecule has 0 saturated carbocycles.